The van der Waals surface area contributed by atoms with E-state index in [0.29, 0.717) is 10.2 Å². The van der Waals surface area contributed by atoms with Crippen molar-refractivity contribution in [3.05, 3.63) is 22.7 Å². The second-order valence-electron chi connectivity index (χ2n) is 3.43. The van der Waals surface area contributed by atoms with Crippen molar-refractivity contribution in [2.24, 2.45) is 0 Å². The van der Waals surface area contributed by atoms with Gasteiger partial charge in [0.2, 0.25) is 0 Å². The molecule has 1 aliphatic rings. The van der Waals surface area contributed by atoms with Gasteiger partial charge < -0.3 is 10.4 Å². The lowest BCUT2D eigenvalue weighted by Gasteiger charge is -2.24. The van der Waals surface area contributed by atoms with Gasteiger partial charge in [-0.3, -0.25) is 0 Å². The van der Waals surface area contributed by atoms with Crippen molar-refractivity contribution in [3.63, 3.8) is 0 Å². The van der Waals surface area contributed by atoms with Gasteiger partial charge in [-0.1, -0.05) is 6.07 Å². The Morgan fingerprint density at radius 2 is 2.19 bits per heavy atom. The lowest BCUT2D eigenvalue weighted by Crippen LogP contribution is -2.40. The average Bonchev–Trinajstić information content (AvgIpc) is 2.18. The van der Waals surface area contributed by atoms with E-state index in [9.17, 15) is 13.2 Å². The van der Waals surface area contributed by atoms with Crippen LogP contribution in [0.1, 0.15) is 0 Å². The highest BCUT2D eigenvalue weighted by Crippen LogP contribution is 2.34. The summed E-state index contributed by atoms with van der Waals surface area (Å²) in [5.74, 6) is -1.60. The van der Waals surface area contributed by atoms with Gasteiger partial charge in [-0.25, -0.2) is 13.2 Å². The van der Waals surface area contributed by atoms with Gasteiger partial charge in [-0.15, -0.1) is 0 Å². The van der Waals surface area contributed by atoms with Crippen LogP contribution in [0.3, 0.4) is 0 Å². The number of rotatable bonds is 1. The minimum Gasteiger partial charge on any atom is -0.480 e. The topological polar surface area (TPSA) is 83.5 Å². The molecule has 1 unspecified atom stereocenters. The van der Waals surface area contributed by atoms with E-state index in [1.165, 1.54) is 6.07 Å². The minimum absolute atomic E-state index is 0.138. The number of hydrogen-bond acceptors (Lipinski definition) is 4. The highest BCUT2D eigenvalue weighted by molar-refractivity contribution is 9.10. The van der Waals surface area contributed by atoms with Gasteiger partial charge in [0.1, 0.15) is 6.04 Å². The predicted molar refractivity (Wildman–Crippen MR) is 61.2 cm³/mol. The number of carboxylic acids is 1. The summed E-state index contributed by atoms with van der Waals surface area (Å²) < 4.78 is 24.2. The van der Waals surface area contributed by atoms with Crippen LogP contribution in [0, 0.1) is 0 Å². The Morgan fingerprint density at radius 3 is 2.81 bits per heavy atom. The number of carbonyl (C=O) groups is 1. The summed E-state index contributed by atoms with van der Waals surface area (Å²) >= 11 is 3.19. The van der Waals surface area contributed by atoms with Crippen molar-refractivity contribution in [1.29, 1.82) is 0 Å². The molecule has 1 aromatic carbocycles. The molecule has 0 radical (unpaired) electrons. The van der Waals surface area contributed by atoms with Crippen molar-refractivity contribution in [2.75, 3.05) is 11.1 Å². The Labute approximate surface area is 101 Å². The monoisotopic (exact) mass is 305 g/mol. The molecule has 1 atom stereocenters. The van der Waals surface area contributed by atoms with Crippen molar-refractivity contribution in [3.8, 4) is 0 Å². The first-order valence-corrected chi connectivity index (χ1v) is 6.87. The number of para-hydroxylation sites is 1. The fourth-order valence-corrected chi connectivity index (χ4v) is 3.78. The van der Waals surface area contributed by atoms with E-state index >= 15 is 0 Å². The molecule has 0 aromatic heterocycles. The number of nitrogens with one attached hydrogen (secondary N) is 1. The number of sulfone groups is 1. The summed E-state index contributed by atoms with van der Waals surface area (Å²) in [5.41, 5.74) is 0.321. The van der Waals surface area contributed by atoms with Crippen molar-refractivity contribution in [2.45, 2.75) is 10.9 Å². The first-order valence-electron chi connectivity index (χ1n) is 4.42. The fourth-order valence-electron chi connectivity index (χ4n) is 1.56. The Morgan fingerprint density at radius 1 is 1.50 bits per heavy atom. The first-order chi connectivity index (χ1) is 7.42. The van der Waals surface area contributed by atoms with E-state index in [-0.39, 0.29) is 4.90 Å². The van der Waals surface area contributed by atoms with E-state index in [1.807, 2.05) is 0 Å². The Kier molecular flexibility index (Phi) is 2.67. The van der Waals surface area contributed by atoms with Crippen LogP contribution < -0.4 is 5.32 Å². The third kappa shape index (κ3) is 1.80. The maximum Gasteiger partial charge on any atom is 0.327 e. The van der Waals surface area contributed by atoms with Crippen LogP contribution in [0.5, 0.6) is 0 Å². The van der Waals surface area contributed by atoms with Gasteiger partial charge in [0.15, 0.2) is 9.84 Å². The van der Waals surface area contributed by atoms with E-state index in [1.54, 1.807) is 12.1 Å². The molecule has 0 saturated carbocycles. The zero-order valence-corrected chi connectivity index (χ0v) is 10.4. The Balaban J connectivity index is 2.61. The molecule has 0 fully saturated rings. The van der Waals surface area contributed by atoms with Crippen LogP contribution in [-0.4, -0.2) is 31.3 Å². The summed E-state index contributed by atoms with van der Waals surface area (Å²) in [6, 6.07) is 3.62. The number of halogens is 1. The molecule has 7 heteroatoms. The number of carboxylic acid groups (broad SMARTS) is 1. The normalized spacial score (nSPS) is 21.9. The van der Waals surface area contributed by atoms with E-state index in [4.69, 9.17) is 5.11 Å². The molecular formula is C9H8BrNO4S. The molecule has 1 aromatic rings. The molecule has 16 heavy (non-hydrogen) atoms. The summed E-state index contributed by atoms with van der Waals surface area (Å²) in [6.45, 7) is 0. The molecule has 2 rings (SSSR count). The second kappa shape index (κ2) is 3.74. The van der Waals surface area contributed by atoms with Gasteiger partial charge >= 0.3 is 5.97 Å². The maximum absolute atomic E-state index is 11.8. The lowest BCUT2D eigenvalue weighted by molar-refractivity contribution is -0.137. The SMILES string of the molecule is O=C(O)C1CS(=O)(=O)c2cccc(Br)c2N1. The summed E-state index contributed by atoms with van der Waals surface area (Å²) in [5, 5.41) is 11.5. The molecule has 0 saturated heterocycles. The minimum atomic E-state index is -3.53. The molecule has 86 valence electrons. The summed E-state index contributed by atoms with van der Waals surface area (Å²) in [7, 11) is -3.53. The largest absolute Gasteiger partial charge is 0.480 e. The van der Waals surface area contributed by atoms with Crippen molar-refractivity contribution in [1.82, 2.24) is 0 Å². The van der Waals surface area contributed by atoms with E-state index in [0.717, 1.165) is 0 Å². The van der Waals surface area contributed by atoms with E-state index < -0.39 is 27.6 Å². The number of fused-ring (bicyclic) bond motifs is 1. The molecule has 1 heterocycles. The molecule has 0 aliphatic carbocycles. The number of anilines is 1. The Hall–Kier alpha value is -1.08. The lowest BCUT2D eigenvalue weighted by atomic mass is 10.2. The smallest absolute Gasteiger partial charge is 0.327 e. The van der Waals surface area contributed by atoms with Crippen LogP contribution in [0.2, 0.25) is 0 Å². The molecule has 1 aliphatic heterocycles. The molecule has 0 spiro atoms. The van der Waals surface area contributed by atoms with Gasteiger partial charge in [-0.2, -0.15) is 0 Å². The highest BCUT2D eigenvalue weighted by atomic mass is 79.9. The summed E-state index contributed by atoms with van der Waals surface area (Å²) in [4.78, 5) is 11.0. The van der Waals surface area contributed by atoms with E-state index in [2.05, 4.69) is 21.2 Å². The molecule has 0 amide bonds. The van der Waals surface area contributed by atoms with Gasteiger partial charge in [-0.05, 0) is 28.1 Å². The van der Waals surface area contributed by atoms with Crippen LogP contribution in [0.15, 0.2) is 27.6 Å². The summed E-state index contributed by atoms with van der Waals surface area (Å²) in [6.07, 6.45) is 0. The molecular weight excluding hydrogens is 298 g/mol. The molecule has 0 bridgehead atoms. The van der Waals surface area contributed by atoms with Crippen LogP contribution in [0.25, 0.3) is 0 Å². The van der Waals surface area contributed by atoms with Crippen LogP contribution >= 0.6 is 15.9 Å². The zero-order chi connectivity index (χ0) is 11.9. The van der Waals surface area contributed by atoms with Gasteiger partial charge in [0, 0.05) is 4.47 Å². The third-order valence-electron chi connectivity index (χ3n) is 2.31. The molecule has 2 N–H and O–H groups in total. The zero-order valence-electron chi connectivity index (χ0n) is 7.97. The van der Waals surface area contributed by atoms with Gasteiger partial charge in [0.25, 0.3) is 0 Å². The van der Waals surface area contributed by atoms with Gasteiger partial charge in [0.05, 0.1) is 16.3 Å². The maximum atomic E-state index is 11.8. The first kappa shape index (κ1) is 11.4. The van der Waals surface area contributed by atoms with Crippen molar-refractivity contribution < 1.29 is 18.3 Å². The third-order valence-corrected chi connectivity index (χ3v) is 4.76. The highest BCUT2D eigenvalue weighted by Gasteiger charge is 2.34. The quantitative estimate of drug-likeness (QED) is 0.812. The predicted octanol–water partition coefficient (Wildman–Crippen LogP) is 1.10. The Bertz CT molecular complexity index is 555. The standard InChI is InChI=1S/C9H8BrNO4S/c10-5-2-1-3-7-8(5)11-6(9(12)13)4-16(7,14)15/h1-3,6,11H,4H2,(H,12,13). The average molecular weight is 306 g/mol. The second-order valence-corrected chi connectivity index (χ2v) is 6.29. The number of aliphatic carboxylic acids is 1. The van der Waals surface area contributed by atoms with Crippen molar-refractivity contribution >= 4 is 37.4 Å². The number of hydrogen-bond donors (Lipinski definition) is 2. The number of benzene rings is 1. The van der Waals surface area contributed by atoms with Crippen LogP contribution in [0.4, 0.5) is 5.69 Å². The van der Waals surface area contributed by atoms with Crippen LogP contribution in [-0.2, 0) is 14.6 Å². The molecule has 5 nitrogen and oxygen atoms in total. The fraction of sp³-hybridized carbons (Fsp3) is 0.222.